The van der Waals surface area contributed by atoms with Crippen molar-refractivity contribution in [1.82, 2.24) is 9.80 Å². The summed E-state index contributed by atoms with van der Waals surface area (Å²) in [5.41, 5.74) is 1.70. The predicted molar refractivity (Wildman–Crippen MR) is 147 cm³/mol. The second-order valence-electron chi connectivity index (χ2n) is 10.2. The minimum Gasteiger partial charge on any atom is -0.493 e. The number of para-hydroxylation sites is 1. The quantitative estimate of drug-likeness (QED) is 0.349. The molecule has 5 heteroatoms. The van der Waals surface area contributed by atoms with E-state index in [9.17, 15) is 9.59 Å². The molecule has 0 unspecified atom stereocenters. The van der Waals surface area contributed by atoms with Gasteiger partial charge in [-0.3, -0.25) is 9.59 Å². The van der Waals surface area contributed by atoms with Gasteiger partial charge in [0.05, 0.1) is 12.5 Å². The van der Waals surface area contributed by atoms with Crippen LogP contribution in [0.5, 0.6) is 5.75 Å². The van der Waals surface area contributed by atoms with E-state index in [1.54, 1.807) is 4.90 Å². The lowest BCUT2D eigenvalue weighted by molar-refractivity contribution is -0.142. The fourth-order valence-electron chi connectivity index (χ4n) is 5.32. The first-order chi connectivity index (χ1) is 18.0. The molecule has 4 rings (SSSR count). The number of piperidine rings is 1. The highest BCUT2D eigenvalue weighted by Gasteiger charge is 2.41. The van der Waals surface area contributed by atoms with E-state index >= 15 is 0 Å². The summed E-state index contributed by atoms with van der Waals surface area (Å²) in [5, 5.41) is 0. The molecule has 2 atom stereocenters. The zero-order chi connectivity index (χ0) is 26.1. The molecule has 194 valence electrons. The smallest absolute Gasteiger partial charge is 0.230 e. The average Bonchev–Trinajstić information content (AvgIpc) is 2.94. The van der Waals surface area contributed by atoms with Crippen LogP contribution in [-0.2, 0) is 16.1 Å². The van der Waals surface area contributed by atoms with Gasteiger partial charge >= 0.3 is 0 Å². The maximum absolute atomic E-state index is 13.7. The molecule has 2 amide bonds. The van der Waals surface area contributed by atoms with Gasteiger partial charge in [0.15, 0.2) is 0 Å². The fourth-order valence-corrected chi connectivity index (χ4v) is 5.32. The van der Waals surface area contributed by atoms with Crippen molar-refractivity contribution in [3.8, 4) is 5.75 Å². The predicted octanol–water partition coefficient (Wildman–Crippen LogP) is 5.92. The molecule has 0 aromatic heterocycles. The van der Waals surface area contributed by atoms with Crippen LogP contribution in [-0.4, -0.2) is 48.4 Å². The van der Waals surface area contributed by atoms with Gasteiger partial charge in [-0.1, -0.05) is 85.8 Å². The van der Waals surface area contributed by atoms with Crippen LogP contribution in [0.15, 0.2) is 91.0 Å². The normalized spacial score (nSPS) is 18.2. The van der Waals surface area contributed by atoms with Crippen molar-refractivity contribution in [3.05, 3.63) is 102 Å². The van der Waals surface area contributed by atoms with Crippen molar-refractivity contribution in [1.29, 1.82) is 0 Å². The van der Waals surface area contributed by atoms with Gasteiger partial charge in [-0.25, -0.2) is 0 Å². The van der Waals surface area contributed by atoms with Crippen LogP contribution >= 0.6 is 0 Å². The highest BCUT2D eigenvalue weighted by atomic mass is 16.5. The van der Waals surface area contributed by atoms with Gasteiger partial charge in [-0.05, 0) is 42.5 Å². The molecule has 0 spiro atoms. The summed E-state index contributed by atoms with van der Waals surface area (Å²) in [6, 6.07) is 29.8. The Kier molecular flexibility index (Phi) is 8.99. The second kappa shape index (κ2) is 12.6. The van der Waals surface area contributed by atoms with Crippen LogP contribution in [0.1, 0.15) is 49.7 Å². The molecule has 1 saturated heterocycles. The first kappa shape index (κ1) is 26.5. The average molecular weight is 499 g/mol. The van der Waals surface area contributed by atoms with Crippen LogP contribution in [0.4, 0.5) is 0 Å². The van der Waals surface area contributed by atoms with E-state index in [2.05, 4.69) is 6.92 Å². The van der Waals surface area contributed by atoms with Crippen LogP contribution < -0.4 is 4.74 Å². The molecule has 1 aliphatic heterocycles. The van der Waals surface area contributed by atoms with Gasteiger partial charge in [0, 0.05) is 38.5 Å². The summed E-state index contributed by atoms with van der Waals surface area (Å²) in [7, 11) is 1.86. The molecule has 5 nitrogen and oxygen atoms in total. The van der Waals surface area contributed by atoms with Crippen molar-refractivity contribution >= 4 is 11.8 Å². The monoisotopic (exact) mass is 498 g/mol. The third-order valence-corrected chi connectivity index (χ3v) is 7.38. The molecule has 0 radical (unpaired) electrons. The lowest BCUT2D eigenvalue weighted by Gasteiger charge is -2.43. The van der Waals surface area contributed by atoms with Crippen molar-refractivity contribution in [2.45, 2.75) is 45.1 Å². The van der Waals surface area contributed by atoms with Crippen LogP contribution in [0.25, 0.3) is 0 Å². The molecule has 0 bridgehead atoms. The van der Waals surface area contributed by atoms with E-state index in [-0.39, 0.29) is 17.7 Å². The van der Waals surface area contributed by atoms with E-state index < -0.39 is 5.41 Å². The van der Waals surface area contributed by atoms with Crippen molar-refractivity contribution in [3.63, 3.8) is 0 Å². The third kappa shape index (κ3) is 7.00. The first-order valence-corrected chi connectivity index (χ1v) is 13.3. The van der Waals surface area contributed by atoms with E-state index in [1.807, 2.05) is 103 Å². The Bertz CT molecular complexity index is 1140. The number of carbonyl (C=O) groups is 2. The number of carbonyl (C=O) groups excluding carboxylic acids is 2. The van der Waals surface area contributed by atoms with Crippen molar-refractivity contribution in [2.75, 3.05) is 26.7 Å². The van der Waals surface area contributed by atoms with E-state index in [0.29, 0.717) is 32.7 Å². The number of hydrogen-bond donors (Lipinski definition) is 0. The molecule has 37 heavy (non-hydrogen) atoms. The lowest BCUT2D eigenvalue weighted by atomic mass is 9.76. The third-order valence-electron chi connectivity index (χ3n) is 7.38. The summed E-state index contributed by atoms with van der Waals surface area (Å²) in [5.74, 6) is 0.821. The zero-order valence-corrected chi connectivity index (χ0v) is 22.0. The summed E-state index contributed by atoms with van der Waals surface area (Å²) in [4.78, 5) is 31.0. The Balaban J connectivity index is 1.52. The number of benzene rings is 3. The summed E-state index contributed by atoms with van der Waals surface area (Å²) < 4.78 is 6.24. The van der Waals surface area contributed by atoms with E-state index in [4.69, 9.17) is 4.74 Å². The number of hydrogen-bond acceptors (Lipinski definition) is 3. The highest BCUT2D eigenvalue weighted by molar-refractivity contribution is 5.84. The standard InChI is InChI=1S/C32H38N2O3/c1-3-29(27-16-9-5-10-17-27)31(36)34-21-13-20-32(24-34,25-37-28-18-11-6-12-19-28)22-30(35)33(2)23-26-14-7-4-8-15-26/h4-12,14-19,29H,3,13,20-25H2,1-2H3/t29-,32-/m1/s1. The zero-order valence-electron chi connectivity index (χ0n) is 22.0. The van der Waals surface area contributed by atoms with Crippen LogP contribution in [0.2, 0.25) is 0 Å². The van der Waals surface area contributed by atoms with Gasteiger partial charge in [0.1, 0.15) is 5.75 Å². The Hall–Kier alpha value is -3.60. The SMILES string of the molecule is CC[C@@H](C(=O)N1CCC[C@@](COc2ccccc2)(CC(=O)N(C)Cc2ccccc2)C1)c1ccccc1. The van der Waals surface area contributed by atoms with E-state index in [0.717, 1.165) is 36.1 Å². The summed E-state index contributed by atoms with van der Waals surface area (Å²) >= 11 is 0. The topological polar surface area (TPSA) is 49.9 Å². The molecular formula is C32H38N2O3. The van der Waals surface area contributed by atoms with Crippen LogP contribution in [0, 0.1) is 5.41 Å². The fraction of sp³-hybridized carbons (Fsp3) is 0.375. The minimum absolute atomic E-state index is 0.0740. The lowest BCUT2D eigenvalue weighted by Crippen LogP contribution is -2.51. The number of nitrogens with zero attached hydrogens (tertiary/aromatic N) is 2. The van der Waals surface area contributed by atoms with E-state index in [1.165, 1.54) is 0 Å². The largest absolute Gasteiger partial charge is 0.493 e. The van der Waals surface area contributed by atoms with Gasteiger partial charge in [-0.2, -0.15) is 0 Å². The van der Waals surface area contributed by atoms with Gasteiger partial charge < -0.3 is 14.5 Å². The second-order valence-corrected chi connectivity index (χ2v) is 10.2. The molecular weight excluding hydrogens is 460 g/mol. The number of likely N-dealkylation sites (tertiary alicyclic amines) is 1. The molecule has 3 aromatic rings. The molecule has 1 heterocycles. The van der Waals surface area contributed by atoms with Gasteiger partial charge in [0.2, 0.25) is 11.8 Å². The Morgan fingerprint density at radius 2 is 1.57 bits per heavy atom. The maximum Gasteiger partial charge on any atom is 0.230 e. The number of rotatable bonds is 10. The minimum atomic E-state index is -0.444. The Morgan fingerprint density at radius 1 is 0.946 bits per heavy atom. The molecule has 0 saturated carbocycles. The van der Waals surface area contributed by atoms with Gasteiger partial charge in [-0.15, -0.1) is 0 Å². The summed E-state index contributed by atoms with van der Waals surface area (Å²) in [6.45, 7) is 4.25. The highest BCUT2D eigenvalue weighted by Crippen LogP contribution is 2.37. The Morgan fingerprint density at radius 3 is 2.22 bits per heavy atom. The summed E-state index contributed by atoms with van der Waals surface area (Å²) in [6.07, 6.45) is 2.78. The number of ether oxygens (including phenoxy) is 1. The van der Waals surface area contributed by atoms with Crippen LogP contribution in [0.3, 0.4) is 0 Å². The first-order valence-electron chi connectivity index (χ1n) is 13.3. The van der Waals surface area contributed by atoms with Gasteiger partial charge in [0.25, 0.3) is 0 Å². The molecule has 0 N–H and O–H groups in total. The molecule has 1 fully saturated rings. The molecule has 3 aromatic carbocycles. The number of amides is 2. The van der Waals surface area contributed by atoms with Crippen molar-refractivity contribution in [2.24, 2.45) is 5.41 Å². The van der Waals surface area contributed by atoms with Crippen molar-refractivity contribution < 1.29 is 14.3 Å². The molecule has 1 aliphatic rings. The molecule has 0 aliphatic carbocycles. The Labute approximate surface area is 221 Å². The maximum atomic E-state index is 13.7.